The smallest absolute Gasteiger partial charge is 0.0540 e. The summed E-state index contributed by atoms with van der Waals surface area (Å²) in [6.45, 7) is 4.57. The molecule has 29 heavy (non-hydrogen) atoms. The fourth-order valence-corrected chi connectivity index (χ4v) is 4.34. The summed E-state index contributed by atoms with van der Waals surface area (Å²) in [5.74, 6) is 0.545. The molecule has 1 nitrogen and oxygen atoms in total. The van der Waals surface area contributed by atoms with Crippen LogP contribution in [0.4, 0.5) is 17.1 Å². The van der Waals surface area contributed by atoms with Crippen molar-refractivity contribution in [1.82, 2.24) is 0 Å². The van der Waals surface area contributed by atoms with Crippen LogP contribution in [0.25, 0.3) is 22.3 Å². The maximum absolute atomic E-state index is 2.41. The summed E-state index contributed by atoms with van der Waals surface area (Å²) in [5, 5.41) is 0. The Bertz CT molecular complexity index is 1160. The van der Waals surface area contributed by atoms with Crippen LogP contribution >= 0.6 is 0 Å². The van der Waals surface area contributed by atoms with Crippen LogP contribution in [0, 0.1) is 0 Å². The van der Waals surface area contributed by atoms with Gasteiger partial charge in [-0.25, -0.2) is 0 Å². The lowest BCUT2D eigenvalue weighted by Gasteiger charge is -2.27. The summed E-state index contributed by atoms with van der Waals surface area (Å²) < 4.78 is 0. The molecule has 0 bridgehead atoms. The molecule has 1 aliphatic heterocycles. The van der Waals surface area contributed by atoms with Gasteiger partial charge in [0.25, 0.3) is 0 Å². The van der Waals surface area contributed by atoms with Crippen LogP contribution in [0.5, 0.6) is 0 Å². The molecule has 142 valence electrons. The molecule has 0 saturated heterocycles. The van der Waals surface area contributed by atoms with Gasteiger partial charge in [0.05, 0.1) is 11.4 Å². The van der Waals surface area contributed by atoms with E-state index in [0.29, 0.717) is 5.92 Å². The largest absolute Gasteiger partial charge is 0.309 e. The Labute approximate surface area is 173 Å². The highest BCUT2D eigenvalue weighted by atomic mass is 15.1. The highest BCUT2D eigenvalue weighted by molar-refractivity contribution is 6.02. The molecule has 5 rings (SSSR count). The van der Waals surface area contributed by atoms with Crippen LogP contribution in [0.3, 0.4) is 0 Å². The minimum atomic E-state index is 0.545. The predicted octanol–water partition coefficient (Wildman–Crippen LogP) is 8.32. The highest BCUT2D eigenvalue weighted by Crippen LogP contribution is 2.50. The van der Waals surface area contributed by atoms with Gasteiger partial charge in [-0.2, -0.15) is 0 Å². The third kappa shape index (κ3) is 2.94. The average molecular weight is 376 g/mol. The summed E-state index contributed by atoms with van der Waals surface area (Å²) in [5.41, 5.74) is 10.2. The van der Waals surface area contributed by atoms with E-state index in [4.69, 9.17) is 0 Å². The van der Waals surface area contributed by atoms with E-state index in [1.165, 1.54) is 44.9 Å². The number of hydrogen-bond acceptors (Lipinski definition) is 1. The van der Waals surface area contributed by atoms with Crippen molar-refractivity contribution in [2.24, 2.45) is 0 Å². The summed E-state index contributed by atoms with van der Waals surface area (Å²) in [7, 11) is 0. The lowest BCUT2D eigenvalue weighted by molar-refractivity contribution is 0.734. The highest BCUT2D eigenvalue weighted by Gasteiger charge is 2.26. The van der Waals surface area contributed by atoms with E-state index >= 15 is 0 Å². The normalized spacial score (nSPS) is 13.1. The van der Waals surface area contributed by atoms with Gasteiger partial charge in [-0.05, 0) is 59.4 Å². The van der Waals surface area contributed by atoms with Gasteiger partial charge in [0, 0.05) is 16.8 Å². The van der Waals surface area contributed by atoms with Crippen LogP contribution in [0.2, 0.25) is 0 Å². The van der Waals surface area contributed by atoms with Crippen molar-refractivity contribution >= 4 is 17.1 Å². The van der Waals surface area contributed by atoms with Gasteiger partial charge in [-0.15, -0.1) is 0 Å². The molecule has 0 radical (unpaired) electrons. The number of rotatable bonds is 3. The first-order valence-electron chi connectivity index (χ1n) is 10.5. The van der Waals surface area contributed by atoms with E-state index in [1.54, 1.807) is 0 Å². The third-order valence-electron chi connectivity index (χ3n) is 6.11. The molecular formula is C28H25N. The van der Waals surface area contributed by atoms with Crippen LogP contribution in [-0.4, -0.2) is 0 Å². The fraction of sp³-hybridized carbons (Fsp3) is 0.143. The Kier molecular flexibility index (Phi) is 4.44. The van der Waals surface area contributed by atoms with Crippen LogP contribution in [0.1, 0.15) is 31.7 Å². The number of nitrogens with zero attached hydrogens (tertiary/aromatic N) is 1. The lowest BCUT2D eigenvalue weighted by Crippen LogP contribution is -2.11. The number of fused-ring (bicyclic) bond motifs is 5. The molecule has 0 saturated carbocycles. The maximum atomic E-state index is 2.41. The second kappa shape index (κ2) is 7.25. The van der Waals surface area contributed by atoms with Gasteiger partial charge in [-0.3, -0.25) is 0 Å². The topological polar surface area (TPSA) is 3.24 Å². The first-order valence-corrected chi connectivity index (χ1v) is 10.5. The average Bonchev–Trinajstić information content (AvgIpc) is 2.91. The molecule has 0 aromatic heterocycles. The van der Waals surface area contributed by atoms with Gasteiger partial charge in [-0.1, -0.05) is 80.6 Å². The van der Waals surface area contributed by atoms with Gasteiger partial charge >= 0.3 is 0 Å². The molecule has 0 aliphatic carbocycles. The van der Waals surface area contributed by atoms with E-state index in [1.807, 2.05) is 0 Å². The van der Waals surface area contributed by atoms with Gasteiger partial charge < -0.3 is 4.90 Å². The number of para-hydroxylation sites is 2. The van der Waals surface area contributed by atoms with Crippen LogP contribution in [-0.2, 0) is 0 Å². The molecule has 4 aromatic rings. The molecular weight excluding hydrogens is 350 g/mol. The molecule has 0 fully saturated rings. The number of benzene rings is 4. The summed E-state index contributed by atoms with van der Waals surface area (Å²) in [4.78, 5) is 2.41. The summed E-state index contributed by atoms with van der Waals surface area (Å²) in [6, 6.07) is 35.3. The van der Waals surface area contributed by atoms with Crippen molar-refractivity contribution in [2.75, 3.05) is 4.90 Å². The number of hydrogen-bond donors (Lipinski definition) is 0. The molecule has 1 aliphatic rings. The SMILES string of the molecule is CCC(C)c1ccc2c(c1)-c1ccccc1-c1ccccc1N2c1ccccc1. The van der Waals surface area contributed by atoms with Gasteiger partial charge in [0.15, 0.2) is 0 Å². The van der Waals surface area contributed by atoms with Crippen molar-refractivity contribution in [1.29, 1.82) is 0 Å². The molecule has 1 unspecified atom stereocenters. The van der Waals surface area contributed by atoms with E-state index in [9.17, 15) is 0 Å². The molecule has 0 amide bonds. The van der Waals surface area contributed by atoms with E-state index in [0.717, 1.165) is 6.42 Å². The fourth-order valence-electron chi connectivity index (χ4n) is 4.34. The van der Waals surface area contributed by atoms with E-state index in [-0.39, 0.29) is 0 Å². The zero-order valence-corrected chi connectivity index (χ0v) is 17.0. The van der Waals surface area contributed by atoms with Crippen LogP contribution < -0.4 is 4.90 Å². The first-order chi connectivity index (χ1) is 14.3. The minimum absolute atomic E-state index is 0.545. The van der Waals surface area contributed by atoms with Gasteiger partial charge in [0.1, 0.15) is 0 Å². The quantitative estimate of drug-likeness (QED) is 0.306. The Morgan fingerprint density at radius 2 is 1.21 bits per heavy atom. The predicted molar refractivity (Wildman–Crippen MR) is 124 cm³/mol. The first kappa shape index (κ1) is 17.8. The lowest BCUT2D eigenvalue weighted by atomic mass is 9.91. The van der Waals surface area contributed by atoms with Crippen molar-refractivity contribution in [3.05, 3.63) is 103 Å². The molecule has 1 atom stereocenters. The molecule has 4 aromatic carbocycles. The second-order valence-electron chi connectivity index (χ2n) is 7.82. The summed E-state index contributed by atoms with van der Waals surface area (Å²) in [6.07, 6.45) is 1.14. The maximum Gasteiger partial charge on any atom is 0.0540 e. The molecule has 1 heteroatoms. The Morgan fingerprint density at radius 3 is 1.93 bits per heavy atom. The van der Waals surface area contributed by atoms with Gasteiger partial charge in [0.2, 0.25) is 0 Å². The van der Waals surface area contributed by atoms with Crippen LogP contribution in [0.15, 0.2) is 97.1 Å². The monoisotopic (exact) mass is 375 g/mol. The van der Waals surface area contributed by atoms with Crippen molar-refractivity contribution in [3.63, 3.8) is 0 Å². The molecule has 0 spiro atoms. The Hall–Kier alpha value is -3.32. The van der Waals surface area contributed by atoms with E-state index < -0.39 is 0 Å². The Balaban J connectivity index is 1.87. The standard InChI is InChI=1S/C28H25N/c1-3-20(2)21-17-18-28-26(19-21)24-14-8-7-13-23(24)25-15-9-10-16-27(25)29(28)22-11-5-4-6-12-22/h4-20H,3H2,1-2H3. The van der Waals surface area contributed by atoms with E-state index in [2.05, 4.69) is 116 Å². The zero-order chi connectivity index (χ0) is 19.8. The summed E-state index contributed by atoms with van der Waals surface area (Å²) >= 11 is 0. The third-order valence-corrected chi connectivity index (χ3v) is 6.11. The molecule has 1 heterocycles. The second-order valence-corrected chi connectivity index (χ2v) is 7.82. The number of anilines is 3. The Morgan fingerprint density at radius 1 is 0.621 bits per heavy atom. The zero-order valence-electron chi connectivity index (χ0n) is 17.0. The molecule has 0 N–H and O–H groups in total. The minimum Gasteiger partial charge on any atom is -0.309 e. The van der Waals surface area contributed by atoms with Crippen molar-refractivity contribution < 1.29 is 0 Å². The van der Waals surface area contributed by atoms with Crippen molar-refractivity contribution in [2.45, 2.75) is 26.2 Å². The van der Waals surface area contributed by atoms with Crippen molar-refractivity contribution in [3.8, 4) is 22.3 Å².